The molecule has 0 saturated carbocycles. The third-order valence-electron chi connectivity index (χ3n) is 1.63. The second kappa shape index (κ2) is 5.96. The van der Waals surface area contributed by atoms with Crippen LogP contribution in [0.15, 0.2) is 16.0 Å². The van der Waals surface area contributed by atoms with Crippen molar-refractivity contribution in [2.24, 2.45) is 21.1 Å². The molecule has 0 aromatic carbocycles. The van der Waals surface area contributed by atoms with Gasteiger partial charge < -0.3 is 21.6 Å². The molecule has 0 saturated heterocycles. The number of amides is 1. The highest BCUT2D eigenvalue weighted by Crippen LogP contribution is 2.16. The zero-order chi connectivity index (χ0) is 12.8. The first kappa shape index (κ1) is 13.1. The first-order chi connectivity index (χ1) is 8.02. The summed E-state index contributed by atoms with van der Waals surface area (Å²) in [6, 6.07) is -1.02. The average Bonchev–Trinajstić information content (AvgIpc) is 2.72. The fraction of sp³-hybridized carbons (Fsp3) is 0.286. The Labute approximate surface area is 99.8 Å². The maximum absolute atomic E-state index is 10.9. The molecule has 17 heavy (non-hydrogen) atoms. The van der Waals surface area contributed by atoms with Crippen molar-refractivity contribution < 1.29 is 14.7 Å². The van der Waals surface area contributed by atoms with Gasteiger partial charge >= 0.3 is 5.97 Å². The molecule has 1 rings (SSSR count). The molecule has 0 spiro atoms. The lowest BCUT2D eigenvalue weighted by Crippen LogP contribution is -2.32. The van der Waals surface area contributed by atoms with Crippen LogP contribution in [0.4, 0.5) is 5.82 Å². The van der Waals surface area contributed by atoms with Gasteiger partial charge in [-0.05, 0) is 11.9 Å². The molecule has 1 atom stereocenters. The minimum absolute atomic E-state index is 0.0388. The van der Waals surface area contributed by atoms with Crippen LogP contribution in [0.2, 0.25) is 0 Å². The number of carbonyl (C=O) groups excluding carboxylic acids is 1. The number of nitrogens with two attached hydrogens (primary N) is 2. The molecule has 0 unspecified atom stereocenters. The molecule has 92 valence electrons. The second-order valence-corrected chi connectivity index (χ2v) is 3.64. The summed E-state index contributed by atoms with van der Waals surface area (Å²) >= 11 is 0.855. The summed E-state index contributed by atoms with van der Waals surface area (Å²) in [6.07, 6.45) is 1.25. The van der Waals surface area contributed by atoms with E-state index in [1.165, 1.54) is 6.33 Å². The number of primary amides is 1. The van der Waals surface area contributed by atoms with E-state index in [0.29, 0.717) is 0 Å². The smallest absolute Gasteiger partial charge is 0.321 e. The molecular formula is C7H10N6O3S. The van der Waals surface area contributed by atoms with Gasteiger partial charge in [0.2, 0.25) is 5.82 Å². The lowest BCUT2D eigenvalue weighted by molar-refractivity contribution is -0.137. The third-order valence-corrected chi connectivity index (χ3v) is 2.34. The Balaban J connectivity index is 2.51. The van der Waals surface area contributed by atoms with E-state index in [9.17, 15) is 9.59 Å². The summed E-state index contributed by atoms with van der Waals surface area (Å²) in [5.74, 6) is -1.71. The lowest BCUT2D eigenvalue weighted by atomic mass is 10.4. The molecule has 6 N–H and O–H groups in total. The van der Waals surface area contributed by atoms with Crippen molar-refractivity contribution >= 4 is 29.6 Å². The molecule has 0 aliphatic heterocycles. The van der Waals surface area contributed by atoms with E-state index in [2.05, 4.69) is 19.6 Å². The van der Waals surface area contributed by atoms with Crippen LogP contribution in [0.25, 0.3) is 0 Å². The molecule has 0 radical (unpaired) electrons. The van der Waals surface area contributed by atoms with Crippen LogP contribution in [-0.2, 0) is 4.79 Å². The second-order valence-electron chi connectivity index (χ2n) is 2.89. The summed E-state index contributed by atoms with van der Waals surface area (Å²) in [4.78, 5) is 27.5. The molecule has 0 aliphatic rings. The Hall–Kier alpha value is -1.94. The fourth-order valence-corrected chi connectivity index (χ4v) is 1.30. The number of carboxylic acids is 1. The van der Waals surface area contributed by atoms with Gasteiger partial charge in [-0.3, -0.25) is 9.59 Å². The van der Waals surface area contributed by atoms with Crippen molar-refractivity contribution in [2.45, 2.75) is 6.04 Å². The minimum Gasteiger partial charge on any atom is -0.480 e. The molecular weight excluding hydrogens is 248 g/mol. The number of hydrogen-bond donors (Lipinski definition) is 4. The van der Waals surface area contributed by atoms with Crippen LogP contribution in [0, 0.1) is 0 Å². The molecule has 0 aliphatic carbocycles. The van der Waals surface area contributed by atoms with E-state index in [1.54, 1.807) is 0 Å². The van der Waals surface area contributed by atoms with Crippen LogP contribution >= 0.6 is 11.9 Å². The zero-order valence-corrected chi connectivity index (χ0v) is 9.35. The Kier molecular flexibility index (Phi) is 4.60. The number of carbonyl (C=O) groups is 2. The highest BCUT2D eigenvalue weighted by molar-refractivity contribution is 7.97. The van der Waals surface area contributed by atoms with E-state index in [4.69, 9.17) is 16.6 Å². The van der Waals surface area contributed by atoms with E-state index in [1.807, 2.05) is 0 Å². The maximum Gasteiger partial charge on any atom is 0.321 e. The van der Waals surface area contributed by atoms with E-state index in [0.717, 1.165) is 11.9 Å². The Morgan fingerprint density at radius 3 is 2.94 bits per heavy atom. The quantitative estimate of drug-likeness (QED) is 0.403. The number of nitrogens with one attached hydrogen (secondary N) is 1. The molecule has 1 aromatic rings. The molecule has 1 heterocycles. The minimum atomic E-state index is -1.12. The monoisotopic (exact) mass is 258 g/mol. The largest absolute Gasteiger partial charge is 0.480 e. The van der Waals surface area contributed by atoms with Crippen LogP contribution in [0.5, 0.6) is 0 Å². The SMILES string of the molecule is NC(=O)c1[nH]cnc1N=NSC[C@@H](N)C(=O)O. The zero-order valence-electron chi connectivity index (χ0n) is 8.53. The molecule has 1 amide bonds. The van der Waals surface area contributed by atoms with Crippen molar-refractivity contribution in [1.82, 2.24) is 9.97 Å². The number of aliphatic carboxylic acids is 1. The van der Waals surface area contributed by atoms with Gasteiger partial charge in [-0.1, -0.05) is 0 Å². The number of nitrogens with zero attached hydrogens (tertiary/aromatic N) is 3. The normalized spacial score (nSPS) is 12.8. The van der Waals surface area contributed by atoms with Crippen molar-refractivity contribution in [2.75, 3.05) is 5.75 Å². The molecule has 1 aromatic heterocycles. The summed E-state index contributed by atoms with van der Waals surface area (Å²) in [5, 5.41) is 12.1. The van der Waals surface area contributed by atoms with Gasteiger partial charge in [0.15, 0.2) is 5.69 Å². The standard InChI is InChI=1S/C7H10N6O3S/c8-3(7(15)16)1-17-13-12-6-4(5(9)14)10-2-11-6/h2-3H,1,8H2,(H2,9,14)(H,10,11)(H,15,16)/t3-/m1/s1. The van der Waals surface area contributed by atoms with Crippen molar-refractivity contribution in [1.29, 1.82) is 0 Å². The number of hydrogen-bond acceptors (Lipinski definition) is 7. The Morgan fingerprint density at radius 1 is 1.65 bits per heavy atom. The van der Waals surface area contributed by atoms with Gasteiger partial charge in [-0.2, -0.15) is 0 Å². The van der Waals surface area contributed by atoms with Gasteiger partial charge in [0.1, 0.15) is 6.04 Å². The first-order valence-electron chi connectivity index (χ1n) is 4.37. The van der Waals surface area contributed by atoms with E-state index < -0.39 is 17.9 Å². The highest BCUT2D eigenvalue weighted by Gasteiger charge is 2.12. The number of carboxylic acid groups (broad SMARTS) is 1. The first-order valence-corrected chi connectivity index (χ1v) is 5.31. The number of aromatic amines is 1. The summed E-state index contributed by atoms with van der Waals surface area (Å²) in [6.45, 7) is 0. The Bertz CT molecular complexity index is 445. The van der Waals surface area contributed by atoms with Crippen LogP contribution < -0.4 is 11.5 Å². The number of aromatic nitrogens is 2. The van der Waals surface area contributed by atoms with Crippen molar-refractivity contribution in [3.63, 3.8) is 0 Å². The van der Waals surface area contributed by atoms with Crippen molar-refractivity contribution in [3.8, 4) is 0 Å². The fourth-order valence-electron chi connectivity index (χ4n) is 0.797. The molecule has 10 heteroatoms. The molecule has 0 fully saturated rings. The van der Waals surface area contributed by atoms with Crippen LogP contribution in [0.3, 0.4) is 0 Å². The summed E-state index contributed by atoms with van der Waals surface area (Å²) in [7, 11) is 0. The molecule has 9 nitrogen and oxygen atoms in total. The van der Waals surface area contributed by atoms with Gasteiger partial charge in [0.25, 0.3) is 5.91 Å². The van der Waals surface area contributed by atoms with Gasteiger partial charge in [-0.15, -0.1) is 9.63 Å². The number of rotatable bonds is 6. The number of imidazole rings is 1. The highest BCUT2D eigenvalue weighted by atomic mass is 32.2. The van der Waals surface area contributed by atoms with E-state index in [-0.39, 0.29) is 17.3 Å². The van der Waals surface area contributed by atoms with Gasteiger partial charge in [-0.25, -0.2) is 4.98 Å². The number of H-pyrrole nitrogens is 1. The summed E-state index contributed by atoms with van der Waals surface area (Å²) in [5.41, 5.74) is 10.3. The van der Waals surface area contributed by atoms with E-state index >= 15 is 0 Å². The molecule has 0 bridgehead atoms. The summed E-state index contributed by atoms with van der Waals surface area (Å²) < 4.78 is 3.59. The van der Waals surface area contributed by atoms with Gasteiger partial charge in [0, 0.05) is 5.75 Å². The topological polar surface area (TPSA) is 160 Å². The average molecular weight is 258 g/mol. The van der Waals surface area contributed by atoms with Crippen LogP contribution in [0.1, 0.15) is 10.5 Å². The maximum atomic E-state index is 10.9. The predicted molar refractivity (Wildman–Crippen MR) is 59.7 cm³/mol. The van der Waals surface area contributed by atoms with Crippen LogP contribution in [-0.4, -0.2) is 38.7 Å². The van der Waals surface area contributed by atoms with Gasteiger partial charge in [0.05, 0.1) is 6.33 Å². The Morgan fingerprint density at radius 2 is 2.35 bits per heavy atom. The predicted octanol–water partition coefficient (Wildman–Crippen LogP) is -0.348. The van der Waals surface area contributed by atoms with Crippen molar-refractivity contribution in [3.05, 3.63) is 12.0 Å². The lowest BCUT2D eigenvalue weighted by Gasteiger charge is -2.00. The third kappa shape index (κ3) is 3.85.